The molecule has 1 saturated carbocycles. The molecule has 0 bridgehead atoms. The van der Waals surface area contributed by atoms with Crippen LogP contribution in [0.15, 0.2) is 17.5 Å². The van der Waals surface area contributed by atoms with Crippen LogP contribution in [0.2, 0.25) is 0 Å². The first kappa shape index (κ1) is 13.1. The predicted molar refractivity (Wildman–Crippen MR) is 69.7 cm³/mol. The van der Waals surface area contributed by atoms with Gasteiger partial charge < -0.3 is 10.4 Å². The van der Waals surface area contributed by atoms with E-state index in [9.17, 15) is 14.7 Å². The molecule has 4 nitrogen and oxygen atoms in total. The first-order chi connectivity index (χ1) is 8.55. The average Bonchev–Trinajstić information content (AvgIpc) is 2.99. The molecule has 1 aliphatic rings. The highest BCUT2D eigenvalue weighted by Gasteiger charge is 2.43. The molecule has 1 amide bonds. The highest BCUT2D eigenvalue weighted by atomic mass is 32.1. The van der Waals surface area contributed by atoms with Gasteiger partial charge in [-0.25, -0.2) is 4.79 Å². The van der Waals surface area contributed by atoms with E-state index < -0.39 is 11.5 Å². The van der Waals surface area contributed by atoms with Crippen LogP contribution in [0.3, 0.4) is 0 Å². The van der Waals surface area contributed by atoms with Crippen molar-refractivity contribution >= 4 is 23.2 Å². The summed E-state index contributed by atoms with van der Waals surface area (Å²) in [5.74, 6) is -1.39. The fourth-order valence-corrected chi connectivity index (χ4v) is 3.16. The van der Waals surface area contributed by atoms with Crippen molar-refractivity contribution in [3.63, 3.8) is 0 Å². The van der Waals surface area contributed by atoms with E-state index in [0.717, 1.165) is 17.7 Å². The molecular formula is C13H17NO3S. The number of thiophene rings is 1. The fraction of sp³-hybridized carbons (Fsp3) is 0.538. The standard InChI is InChI=1S/C13H17NO3S/c1-9(10-5-4-8-18-10)11(15)14-13(12(16)17)6-2-3-7-13/h4-5,8-9H,2-3,6-7H2,1H3,(H,14,15)(H,16,17). The van der Waals surface area contributed by atoms with E-state index in [0.29, 0.717) is 12.8 Å². The Balaban J connectivity index is 2.08. The molecular weight excluding hydrogens is 250 g/mol. The number of carbonyl (C=O) groups is 2. The van der Waals surface area contributed by atoms with Crippen molar-refractivity contribution in [2.75, 3.05) is 0 Å². The molecule has 1 atom stereocenters. The predicted octanol–water partition coefficient (Wildman–Crippen LogP) is 2.37. The van der Waals surface area contributed by atoms with Gasteiger partial charge in [0, 0.05) is 4.88 Å². The number of carboxylic acid groups (broad SMARTS) is 1. The first-order valence-corrected chi connectivity index (χ1v) is 7.02. The molecule has 5 heteroatoms. The van der Waals surface area contributed by atoms with E-state index >= 15 is 0 Å². The highest BCUT2D eigenvalue weighted by Crippen LogP contribution is 2.31. The summed E-state index contributed by atoms with van der Waals surface area (Å²) in [6.07, 6.45) is 2.79. The lowest BCUT2D eigenvalue weighted by Crippen LogP contribution is -2.53. The van der Waals surface area contributed by atoms with Crippen molar-refractivity contribution in [1.29, 1.82) is 0 Å². The Bertz CT molecular complexity index is 435. The number of hydrogen-bond acceptors (Lipinski definition) is 3. The molecule has 2 N–H and O–H groups in total. The Morgan fingerprint density at radius 1 is 1.44 bits per heavy atom. The maximum atomic E-state index is 12.1. The van der Waals surface area contributed by atoms with Crippen LogP contribution in [-0.4, -0.2) is 22.5 Å². The minimum absolute atomic E-state index is 0.193. The van der Waals surface area contributed by atoms with Gasteiger partial charge in [0.1, 0.15) is 5.54 Å². The summed E-state index contributed by atoms with van der Waals surface area (Å²) in [5, 5.41) is 14.0. The van der Waals surface area contributed by atoms with Crippen molar-refractivity contribution in [3.05, 3.63) is 22.4 Å². The topological polar surface area (TPSA) is 66.4 Å². The van der Waals surface area contributed by atoms with Gasteiger partial charge in [0.05, 0.1) is 5.92 Å². The van der Waals surface area contributed by atoms with E-state index in [1.165, 1.54) is 11.3 Å². The van der Waals surface area contributed by atoms with Gasteiger partial charge in [0.2, 0.25) is 5.91 Å². The van der Waals surface area contributed by atoms with Crippen molar-refractivity contribution in [2.24, 2.45) is 0 Å². The number of carboxylic acids is 1. The monoisotopic (exact) mass is 267 g/mol. The molecule has 1 heterocycles. The largest absolute Gasteiger partial charge is 0.480 e. The molecule has 0 aromatic carbocycles. The third-order valence-corrected chi connectivity index (χ3v) is 4.65. The Labute approximate surface area is 110 Å². The smallest absolute Gasteiger partial charge is 0.329 e. The van der Waals surface area contributed by atoms with E-state index in [4.69, 9.17) is 0 Å². The summed E-state index contributed by atoms with van der Waals surface area (Å²) < 4.78 is 0. The van der Waals surface area contributed by atoms with Gasteiger partial charge >= 0.3 is 5.97 Å². The van der Waals surface area contributed by atoms with Crippen LogP contribution >= 0.6 is 11.3 Å². The van der Waals surface area contributed by atoms with Crippen molar-refractivity contribution in [2.45, 2.75) is 44.1 Å². The summed E-state index contributed by atoms with van der Waals surface area (Å²) >= 11 is 1.52. The van der Waals surface area contributed by atoms with Crippen molar-refractivity contribution in [1.82, 2.24) is 5.32 Å². The number of hydrogen-bond donors (Lipinski definition) is 2. The minimum atomic E-state index is -1.04. The zero-order chi connectivity index (χ0) is 13.2. The van der Waals surface area contributed by atoms with Gasteiger partial charge in [-0.05, 0) is 31.2 Å². The van der Waals surface area contributed by atoms with Crippen LogP contribution in [0.25, 0.3) is 0 Å². The molecule has 0 spiro atoms. The molecule has 1 fully saturated rings. The molecule has 18 heavy (non-hydrogen) atoms. The van der Waals surface area contributed by atoms with Crippen LogP contribution in [0.4, 0.5) is 0 Å². The Kier molecular flexibility index (Phi) is 3.71. The number of nitrogens with one attached hydrogen (secondary N) is 1. The molecule has 1 aromatic heterocycles. The van der Waals surface area contributed by atoms with Gasteiger partial charge in [-0.15, -0.1) is 11.3 Å². The van der Waals surface area contributed by atoms with Crippen molar-refractivity contribution in [3.8, 4) is 0 Å². The SMILES string of the molecule is CC(C(=O)NC1(C(=O)O)CCCC1)c1cccs1. The number of amides is 1. The second kappa shape index (κ2) is 5.10. The molecule has 0 aliphatic heterocycles. The van der Waals surface area contributed by atoms with Gasteiger partial charge in [0.15, 0.2) is 0 Å². The normalized spacial score (nSPS) is 19.4. The Morgan fingerprint density at radius 3 is 2.61 bits per heavy atom. The Hall–Kier alpha value is -1.36. The fourth-order valence-electron chi connectivity index (χ4n) is 2.38. The van der Waals surface area contributed by atoms with E-state index in [2.05, 4.69) is 5.32 Å². The molecule has 1 unspecified atom stereocenters. The number of carbonyl (C=O) groups excluding carboxylic acids is 1. The molecule has 0 saturated heterocycles. The van der Waals surface area contributed by atoms with Gasteiger partial charge in [-0.2, -0.15) is 0 Å². The highest BCUT2D eigenvalue weighted by molar-refractivity contribution is 7.10. The second-order valence-corrected chi connectivity index (χ2v) is 5.80. The maximum Gasteiger partial charge on any atom is 0.329 e. The molecule has 1 aliphatic carbocycles. The van der Waals surface area contributed by atoms with E-state index in [1.807, 2.05) is 24.4 Å². The van der Waals surface area contributed by atoms with Crippen LogP contribution < -0.4 is 5.32 Å². The quantitative estimate of drug-likeness (QED) is 0.880. The summed E-state index contributed by atoms with van der Waals surface area (Å²) in [6, 6.07) is 3.79. The third kappa shape index (κ3) is 2.41. The zero-order valence-corrected chi connectivity index (χ0v) is 11.1. The molecule has 98 valence electrons. The Morgan fingerprint density at radius 2 is 2.11 bits per heavy atom. The van der Waals surface area contributed by atoms with Crippen LogP contribution in [0, 0.1) is 0 Å². The molecule has 2 rings (SSSR count). The summed E-state index contributed by atoms with van der Waals surface area (Å²) in [4.78, 5) is 24.5. The first-order valence-electron chi connectivity index (χ1n) is 6.14. The number of rotatable bonds is 4. The zero-order valence-electron chi connectivity index (χ0n) is 10.3. The summed E-state index contributed by atoms with van der Waals surface area (Å²) in [6.45, 7) is 1.81. The minimum Gasteiger partial charge on any atom is -0.480 e. The summed E-state index contributed by atoms with van der Waals surface area (Å²) in [7, 11) is 0. The van der Waals surface area contributed by atoms with E-state index in [1.54, 1.807) is 0 Å². The van der Waals surface area contributed by atoms with Gasteiger partial charge in [0.25, 0.3) is 0 Å². The maximum absolute atomic E-state index is 12.1. The van der Waals surface area contributed by atoms with Crippen LogP contribution in [0.1, 0.15) is 43.4 Å². The van der Waals surface area contributed by atoms with Gasteiger partial charge in [-0.1, -0.05) is 18.9 Å². The average molecular weight is 267 g/mol. The molecule has 1 aromatic rings. The lowest BCUT2D eigenvalue weighted by atomic mass is 9.96. The van der Waals surface area contributed by atoms with E-state index in [-0.39, 0.29) is 11.8 Å². The second-order valence-electron chi connectivity index (χ2n) is 4.82. The van der Waals surface area contributed by atoms with Crippen molar-refractivity contribution < 1.29 is 14.7 Å². The summed E-state index contributed by atoms with van der Waals surface area (Å²) in [5.41, 5.74) is -1.04. The third-order valence-electron chi connectivity index (χ3n) is 3.59. The lowest BCUT2D eigenvalue weighted by molar-refractivity contribution is -0.147. The molecule has 0 radical (unpaired) electrons. The lowest BCUT2D eigenvalue weighted by Gasteiger charge is -2.26. The van der Waals surface area contributed by atoms with Crippen LogP contribution in [0.5, 0.6) is 0 Å². The van der Waals surface area contributed by atoms with Crippen LogP contribution in [-0.2, 0) is 9.59 Å². The van der Waals surface area contributed by atoms with Gasteiger partial charge in [-0.3, -0.25) is 4.79 Å². The number of aliphatic carboxylic acids is 1.